The maximum atomic E-state index is 12.0. The van der Waals surface area contributed by atoms with Gasteiger partial charge in [-0.05, 0) is 60.6 Å². The number of aromatic hydroxyl groups is 1. The molecule has 1 saturated heterocycles. The number of carbonyl (C=O) groups is 1. The van der Waals surface area contributed by atoms with E-state index in [9.17, 15) is 9.90 Å². The quantitative estimate of drug-likeness (QED) is 0.827. The van der Waals surface area contributed by atoms with Crippen molar-refractivity contribution in [3.05, 3.63) is 59.2 Å². The average molecular weight is 352 g/mol. The molecule has 138 valence electrons. The summed E-state index contributed by atoms with van der Waals surface area (Å²) in [6.07, 6.45) is 4.99. The van der Waals surface area contributed by atoms with E-state index in [1.54, 1.807) is 6.07 Å². The number of primary amides is 1. The Labute approximate surface area is 155 Å². The molecule has 0 bridgehead atoms. The molecule has 2 aromatic rings. The molecule has 1 amide bonds. The second-order valence-electron chi connectivity index (χ2n) is 7.10. The molecule has 1 aliphatic rings. The SMILES string of the molecule is CCC(C(N)=O)c1ccc(N2CCCCC2)cc1Cc1ccccc1O. The number of hydrogen-bond donors (Lipinski definition) is 2. The van der Waals surface area contributed by atoms with Crippen LogP contribution in [0.15, 0.2) is 42.5 Å². The van der Waals surface area contributed by atoms with Gasteiger partial charge in [-0.15, -0.1) is 0 Å². The van der Waals surface area contributed by atoms with Crippen molar-refractivity contribution >= 4 is 11.6 Å². The van der Waals surface area contributed by atoms with E-state index in [1.165, 1.54) is 24.9 Å². The van der Waals surface area contributed by atoms with Crippen LogP contribution in [-0.2, 0) is 11.2 Å². The topological polar surface area (TPSA) is 66.6 Å². The second kappa shape index (κ2) is 8.26. The summed E-state index contributed by atoms with van der Waals surface area (Å²) in [4.78, 5) is 14.4. The Hall–Kier alpha value is -2.49. The van der Waals surface area contributed by atoms with Gasteiger partial charge in [0.05, 0.1) is 5.92 Å². The lowest BCUT2D eigenvalue weighted by Gasteiger charge is -2.30. The van der Waals surface area contributed by atoms with Crippen LogP contribution in [0.25, 0.3) is 0 Å². The van der Waals surface area contributed by atoms with Gasteiger partial charge in [0, 0.05) is 25.2 Å². The summed E-state index contributed by atoms with van der Waals surface area (Å²) in [6.45, 7) is 4.13. The van der Waals surface area contributed by atoms with Crippen LogP contribution in [0.5, 0.6) is 5.75 Å². The summed E-state index contributed by atoms with van der Waals surface area (Å²) >= 11 is 0. The largest absolute Gasteiger partial charge is 0.508 e. The molecule has 0 spiro atoms. The summed E-state index contributed by atoms with van der Waals surface area (Å²) in [7, 11) is 0. The molecular formula is C22H28N2O2. The van der Waals surface area contributed by atoms with Crippen LogP contribution in [0.2, 0.25) is 0 Å². The van der Waals surface area contributed by atoms with Crippen molar-refractivity contribution in [2.24, 2.45) is 5.73 Å². The van der Waals surface area contributed by atoms with E-state index in [0.29, 0.717) is 12.8 Å². The maximum Gasteiger partial charge on any atom is 0.224 e. The molecule has 4 nitrogen and oxygen atoms in total. The third-order valence-electron chi connectivity index (χ3n) is 5.35. The molecule has 26 heavy (non-hydrogen) atoms. The molecule has 4 heteroatoms. The maximum absolute atomic E-state index is 12.0. The number of phenolic OH excluding ortho intramolecular Hbond substituents is 1. The van der Waals surface area contributed by atoms with E-state index in [-0.39, 0.29) is 17.6 Å². The molecule has 1 aliphatic heterocycles. The summed E-state index contributed by atoms with van der Waals surface area (Å²) in [6, 6.07) is 13.7. The Morgan fingerprint density at radius 2 is 1.85 bits per heavy atom. The van der Waals surface area contributed by atoms with Gasteiger partial charge in [-0.25, -0.2) is 0 Å². The number of benzene rings is 2. The summed E-state index contributed by atoms with van der Waals surface area (Å²) < 4.78 is 0. The number of amides is 1. The van der Waals surface area contributed by atoms with Crippen molar-refractivity contribution in [3.63, 3.8) is 0 Å². The van der Waals surface area contributed by atoms with Gasteiger partial charge in [0.15, 0.2) is 0 Å². The van der Waals surface area contributed by atoms with Crippen molar-refractivity contribution in [2.75, 3.05) is 18.0 Å². The number of hydrogen-bond acceptors (Lipinski definition) is 3. The molecule has 1 atom stereocenters. The van der Waals surface area contributed by atoms with Crippen LogP contribution in [0.4, 0.5) is 5.69 Å². The highest BCUT2D eigenvalue weighted by molar-refractivity contribution is 5.82. The highest BCUT2D eigenvalue weighted by atomic mass is 16.3. The predicted molar refractivity (Wildman–Crippen MR) is 106 cm³/mol. The molecule has 3 N–H and O–H groups in total. The Morgan fingerprint density at radius 3 is 2.50 bits per heavy atom. The lowest BCUT2D eigenvalue weighted by atomic mass is 9.88. The normalized spacial score (nSPS) is 15.7. The highest BCUT2D eigenvalue weighted by Gasteiger charge is 2.21. The number of phenols is 1. The van der Waals surface area contributed by atoms with E-state index in [2.05, 4.69) is 23.1 Å². The zero-order valence-electron chi connectivity index (χ0n) is 15.4. The second-order valence-corrected chi connectivity index (χ2v) is 7.10. The highest BCUT2D eigenvalue weighted by Crippen LogP contribution is 2.31. The zero-order chi connectivity index (χ0) is 18.5. The molecule has 1 fully saturated rings. The van der Waals surface area contributed by atoms with Gasteiger partial charge in [-0.3, -0.25) is 4.79 Å². The Kier molecular flexibility index (Phi) is 5.82. The molecule has 2 aromatic carbocycles. The summed E-state index contributed by atoms with van der Waals surface area (Å²) in [5.74, 6) is -0.308. The number of piperidine rings is 1. The number of nitrogens with zero attached hydrogens (tertiary/aromatic N) is 1. The van der Waals surface area contributed by atoms with Crippen molar-refractivity contribution in [3.8, 4) is 5.75 Å². The third kappa shape index (κ3) is 4.01. The Bertz CT molecular complexity index is 766. The van der Waals surface area contributed by atoms with Crippen molar-refractivity contribution in [1.82, 2.24) is 0 Å². The molecule has 1 heterocycles. The van der Waals surface area contributed by atoms with Crippen LogP contribution >= 0.6 is 0 Å². The van der Waals surface area contributed by atoms with Crippen molar-refractivity contribution in [2.45, 2.75) is 44.9 Å². The molecule has 3 rings (SSSR count). The lowest BCUT2D eigenvalue weighted by molar-refractivity contribution is -0.119. The van der Waals surface area contributed by atoms with Gasteiger partial charge in [0.2, 0.25) is 5.91 Å². The fraction of sp³-hybridized carbons (Fsp3) is 0.409. The number of para-hydroxylation sites is 1. The fourth-order valence-electron chi connectivity index (χ4n) is 3.87. The fourth-order valence-corrected chi connectivity index (χ4v) is 3.87. The van der Waals surface area contributed by atoms with Crippen LogP contribution in [-0.4, -0.2) is 24.1 Å². The van der Waals surface area contributed by atoms with Gasteiger partial charge in [0.1, 0.15) is 5.75 Å². The first-order chi connectivity index (χ1) is 12.6. The van der Waals surface area contributed by atoms with E-state index in [0.717, 1.165) is 29.8 Å². The summed E-state index contributed by atoms with van der Waals surface area (Å²) in [5, 5.41) is 10.2. The van der Waals surface area contributed by atoms with Gasteiger partial charge in [-0.1, -0.05) is 31.2 Å². The van der Waals surface area contributed by atoms with Crippen LogP contribution in [0.3, 0.4) is 0 Å². The zero-order valence-corrected chi connectivity index (χ0v) is 15.4. The Balaban J connectivity index is 2.00. The molecule has 0 radical (unpaired) electrons. The minimum atomic E-state index is -0.300. The first kappa shape index (κ1) is 18.3. The smallest absolute Gasteiger partial charge is 0.224 e. The monoisotopic (exact) mass is 352 g/mol. The minimum absolute atomic E-state index is 0.286. The van der Waals surface area contributed by atoms with Gasteiger partial charge < -0.3 is 15.7 Å². The molecule has 1 unspecified atom stereocenters. The number of rotatable bonds is 6. The van der Waals surface area contributed by atoms with E-state index < -0.39 is 0 Å². The Morgan fingerprint density at radius 1 is 1.12 bits per heavy atom. The first-order valence-corrected chi connectivity index (χ1v) is 9.54. The average Bonchev–Trinajstić information content (AvgIpc) is 2.65. The molecule has 0 aliphatic carbocycles. The van der Waals surface area contributed by atoms with E-state index >= 15 is 0 Å². The van der Waals surface area contributed by atoms with Crippen molar-refractivity contribution < 1.29 is 9.90 Å². The first-order valence-electron chi connectivity index (χ1n) is 9.54. The van der Waals surface area contributed by atoms with E-state index in [1.807, 2.05) is 25.1 Å². The number of anilines is 1. The number of carbonyl (C=O) groups excluding carboxylic acids is 1. The summed E-state index contributed by atoms with van der Waals surface area (Å²) in [5.41, 5.74) is 9.76. The number of nitrogens with two attached hydrogens (primary N) is 1. The molecular weight excluding hydrogens is 324 g/mol. The van der Waals surface area contributed by atoms with Crippen molar-refractivity contribution in [1.29, 1.82) is 0 Å². The van der Waals surface area contributed by atoms with E-state index in [4.69, 9.17) is 5.73 Å². The van der Waals surface area contributed by atoms with Crippen LogP contribution in [0.1, 0.15) is 55.2 Å². The third-order valence-corrected chi connectivity index (χ3v) is 5.35. The van der Waals surface area contributed by atoms with Crippen LogP contribution < -0.4 is 10.6 Å². The van der Waals surface area contributed by atoms with Crippen LogP contribution in [0, 0.1) is 0 Å². The standard InChI is InChI=1S/C22H28N2O2/c1-2-19(22(23)26)20-11-10-18(24-12-6-3-7-13-24)15-17(20)14-16-8-4-5-9-21(16)25/h4-5,8-11,15,19,25H,2-3,6-7,12-14H2,1H3,(H2,23,26). The predicted octanol–water partition coefficient (Wildman–Crippen LogP) is 3.95. The molecule has 0 saturated carbocycles. The molecule has 0 aromatic heterocycles. The van der Waals surface area contributed by atoms with Gasteiger partial charge in [0.25, 0.3) is 0 Å². The minimum Gasteiger partial charge on any atom is -0.508 e. The van der Waals surface area contributed by atoms with Gasteiger partial charge >= 0.3 is 0 Å². The lowest BCUT2D eigenvalue weighted by Crippen LogP contribution is -2.29. The van der Waals surface area contributed by atoms with Gasteiger partial charge in [-0.2, -0.15) is 0 Å².